The van der Waals surface area contributed by atoms with E-state index in [4.69, 9.17) is 28.9 Å². The maximum Gasteiger partial charge on any atom is 0.112 e. The van der Waals surface area contributed by atoms with Gasteiger partial charge < -0.3 is 5.73 Å². The van der Waals surface area contributed by atoms with Crippen LogP contribution in [0.1, 0.15) is 24.8 Å². The second-order valence-corrected chi connectivity index (χ2v) is 6.06. The lowest BCUT2D eigenvalue weighted by Crippen LogP contribution is -2.43. The highest BCUT2D eigenvalue weighted by Gasteiger charge is 2.22. The number of hydrogen-bond donors (Lipinski definition) is 1. The Bertz CT molecular complexity index is 356. The van der Waals surface area contributed by atoms with E-state index in [2.05, 4.69) is 4.90 Å². The van der Waals surface area contributed by atoms with Gasteiger partial charge in [0.2, 0.25) is 0 Å². The summed E-state index contributed by atoms with van der Waals surface area (Å²) in [5.41, 5.74) is 6.93. The van der Waals surface area contributed by atoms with Crippen molar-refractivity contribution in [2.45, 2.75) is 31.8 Å². The Labute approximate surface area is 122 Å². The van der Waals surface area contributed by atoms with Gasteiger partial charge in [-0.25, -0.2) is 0 Å². The van der Waals surface area contributed by atoms with E-state index in [9.17, 15) is 0 Å². The second-order valence-electron chi connectivity index (χ2n) is 4.20. The van der Waals surface area contributed by atoms with Crippen LogP contribution in [0.3, 0.4) is 0 Å². The summed E-state index contributed by atoms with van der Waals surface area (Å²) in [5.74, 6) is 0. The molecule has 2 N–H and O–H groups in total. The van der Waals surface area contributed by atoms with E-state index in [-0.39, 0.29) is 12.4 Å². The summed E-state index contributed by atoms with van der Waals surface area (Å²) >= 11 is 13.6. The first kappa shape index (κ1) is 15.5. The third-order valence-electron chi connectivity index (χ3n) is 3.15. The standard InChI is InChI=1S/C11H16Cl2N2S.ClH/c12-10-8(7-16-11(10)13)6-15-4-2-1-3-9(15)5-14;/h7,9H,1-6,14H2;1H. The van der Waals surface area contributed by atoms with Crippen LogP contribution in [0.15, 0.2) is 5.38 Å². The minimum atomic E-state index is 0. The number of halogens is 3. The molecule has 0 bridgehead atoms. The second kappa shape index (κ2) is 7.17. The van der Waals surface area contributed by atoms with Crippen LogP contribution in [-0.4, -0.2) is 24.0 Å². The molecule has 1 fully saturated rings. The molecule has 0 amide bonds. The van der Waals surface area contributed by atoms with E-state index in [1.54, 1.807) is 0 Å². The first-order chi connectivity index (χ1) is 7.72. The van der Waals surface area contributed by atoms with Crippen molar-refractivity contribution >= 4 is 46.9 Å². The summed E-state index contributed by atoms with van der Waals surface area (Å²) in [6, 6.07) is 0.503. The molecule has 1 unspecified atom stereocenters. The van der Waals surface area contributed by atoms with Gasteiger partial charge in [0.1, 0.15) is 4.34 Å². The first-order valence-corrected chi connectivity index (χ1v) is 7.21. The summed E-state index contributed by atoms with van der Waals surface area (Å²) in [6.07, 6.45) is 3.74. The molecular weight excluding hydrogens is 299 g/mol. The summed E-state index contributed by atoms with van der Waals surface area (Å²) in [5, 5.41) is 2.76. The largest absolute Gasteiger partial charge is 0.329 e. The molecule has 0 saturated carbocycles. The number of rotatable bonds is 3. The number of piperidine rings is 1. The van der Waals surface area contributed by atoms with Crippen molar-refractivity contribution in [2.75, 3.05) is 13.1 Å². The molecule has 17 heavy (non-hydrogen) atoms. The Balaban J connectivity index is 0.00000144. The van der Waals surface area contributed by atoms with E-state index in [1.807, 2.05) is 5.38 Å². The summed E-state index contributed by atoms with van der Waals surface area (Å²) in [4.78, 5) is 2.42. The molecule has 0 aliphatic carbocycles. The average Bonchev–Trinajstić information content (AvgIpc) is 2.62. The molecule has 1 aliphatic heterocycles. The maximum absolute atomic E-state index is 6.14. The van der Waals surface area contributed by atoms with E-state index < -0.39 is 0 Å². The zero-order valence-electron chi connectivity index (χ0n) is 9.49. The monoisotopic (exact) mass is 314 g/mol. The highest BCUT2D eigenvalue weighted by molar-refractivity contribution is 7.15. The molecule has 1 aromatic rings. The van der Waals surface area contributed by atoms with Gasteiger partial charge in [0, 0.05) is 19.1 Å². The van der Waals surface area contributed by atoms with Crippen LogP contribution in [0.5, 0.6) is 0 Å². The van der Waals surface area contributed by atoms with Crippen LogP contribution >= 0.6 is 46.9 Å². The van der Waals surface area contributed by atoms with Gasteiger partial charge in [-0.1, -0.05) is 29.6 Å². The maximum atomic E-state index is 6.14. The molecule has 0 spiro atoms. The fourth-order valence-corrected chi connectivity index (χ4v) is 3.45. The van der Waals surface area contributed by atoms with Crippen LogP contribution in [0.2, 0.25) is 9.36 Å². The smallest absolute Gasteiger partial charge is 0.112 e. The van der Waals surface area contributed by atoms with Gasteiger partial charge in [-0.3, -0.25) is 4.90 Å². The number of thiophene rings is 1. The Morgan fingerprint density at radius 3 is 2.76 bits per heavy atom. The van der Waals surface area contributed by atoms with Gasteiger partial charge in [0.15, 0.2) is 0 Å². The normalized spacial score (nSPS) is 21.2. The molecule has 2 heterocycles. The van der Waals surface area contributed by atoms with Gasteiger partial charge in [-0.15, -0.1) is 23.7 Å². The van der Waals surface area contributed by atoms with Gasteiger partial charge in [0.25, 0.3) is 0 Å². The SMILES string of the molecule is Cl.NCC1CCCCN1Cc1csc(Cl)c1Cl. The van der Waals surface area contributed by atoms with Crippen molar-refractivity contribution in [3.63, 3.8) is 0 Å². The number of likely N-dealkylation sites (tertiary alicyclic amines) is 1. The zero-order chi connectivity index (χ0) is 11.5. The van der Waals surface area contributed by atoms with Gasteiger partial charge >= 0.3 is 0 Å². The number of nitrogens with zero attached hydrogens (tertiary/aromatic N) is 1. The van der Waals surface area contributed by atoms with E-state index >= 15 is 0 Å². The number of nitrogens with two attached hydrogens (primary N) is 1. The molecule has 1 saturated heterocycles. The molecular formula is C11H17Cl3N2S. The van der Waals surface area contributed by atoms with E-state index in [0.717, 1.165) is 25.2 Å². The van der Waals surface area contributed by atoms with Crippen molar-refractivity contribution in [1.82, 2.24) is 4.90 Å². The van der Waals surface area contributed by atoms with Crippen LogP contribution in [0, 0.1) is 0 Å². The van der Waals surface area contributed by atoms with Crippen molar-refractivity contribution < 1.29 is 0 Å². The highest BCUT2D eigenvalue weighted by atomic mass is 35.5. The lowest BCUT2D eigenvalue weighted by Gasteiger charge is -2.34. The third-order valence-corrected chi connectivity index (χ3v) is 5.06. The molecule has 2 rings (SSSR count). The van der Waals surface area contributed by atoms with Gasteiger partial charge in [-0.05, 0) is 30.3 Å². The van der Waals surface area contributed by atoms with Crippen LogP contribution in [-0.2, 0) is 6.54 Å². The predicted octanol–water partition coefficient (Wildman–Crippen LogP) is 3.79. The van der Waals surface area contributed by atoms with Crippen molar-refractivity contribution in [3.05, 3.63) is 20.3 Å². The minimum Gasteiger partial charge on any atom is -0.329 e. The molecule has 0 radical (unpaired) electrons. The molecule has 2 nitrogen and oxygen atoms in total. The van der Waals surface area contributed by atoms with Crippen LogP contribution in [0.25, 0.3) is 0 Å². The van der Waals surface area contributed by atoms with Crippen LogP contribution in [0.4, 0.5) is 0 Å². The van der Waals surface area contributed by atoms with Crippen molar-refractivity contribution in [1.29, 1.82) is 0 Å². The van der Waals surface area contributed by atoms with Crippen LogP contribution < -0.4 is 5.73 Å². The zero-order valence-corrected chi connectivity index (χ0v) is 12.6. The Morgan fingerprint density at radius 1 is 1.41 bits per heavy atom. The molecule has 0 aromatic carbocycles. The number of hydrogen-bond acceptors (Lipinski definition) is 3. The molecule has 1 aliphatic rings. The Kier molecular flexibility index (Phi) is 6.56. The minimum absolute atomic E-state index is 0. The first-order valence-electron chi connectivity index (χ1n) is 5.58. The highest BCUT2D eigenvalue weighted by Crippen LogP contribution is 2.34. The Hall–Kier alpha value is 0.490. The van der Waals surface area contributed by atoms with Gasteiger partial charge in [0.05, 0.1) is 5.02 Å². The van der Waals surface area contributed by atoms with Crippen molar-refractivity contribution in [3.8, 4) is 0 Å². The summed E-state index contributed by atoms with van der Waals surface area (Å²) < 4.78 is 0.693. The third kappa shape index (κ3) is 3.72. The summed E-state index contributed by atoms with van der Waals surface area (Å²) in [7, 11) is 0. The fourth-order valence-electron chi connectivity index (χ4n) is 2.21. The van der Waals surface area contributed by atoms with Gasteiger partial charge in [-0.2, -0.15) is 0 Å². The summed E-state index contributed by atoms with van der Waals surface area (Å²) in [6.45, 7) is 2.73. The molecule has 98 valence electrons. The molecule has 6 heteroatoms. The topological polar surface area (TPSA) is 29.3 Å². The Morgan fingerprint density at radius 2 is 2.18 bits per heavy atom. The van der Waals surface area contributed by atoms with Crippen molar-refractivity contribution in [2.24, 2.45) is 5.73 Å². The van der Waals surface area contributed by atoms with E-state index in [0.29, 0.717) is 15.4 Å². The quantitative estimate of drug-likeness (QED) is 0.919. The lowest BCUT2D eigenvalue weighted by atomic mass is 10.0. The lowest BCUT2D eigenvalue weighted by molar-refractivity contribution is 0.145. The molecule has 1 aromatic heterocycles. The average molecular weight is 316 g/mol. The van der Waals surface area contributed by atoms with E-state index in [1.165, 1.54) is 30.6 Å². The predicted molar refractivity (Wildman–Crippen MR) is 78.7 cm³/mol. The fraction of sp³-hybridized carbons (Fsp3) is 0.636. The molecule has 1 atom stereocenters.